The number of nitrogens with one attached hydrogen (secondary N) is 2. The van der Waals surface area contributed by atoms with E-state index in [0.717, 1.165) is 0 Å². The molecule has 0 aliphatic carbocycles. The third-order valence-corrected chi connectivity index (χ3v) is 3.21. The van der Waals surface area contributed by atoms with E-state index in [-0.39, 0.29) is 23.1 Å². The second-order valence-electron chi connectivity index (χ2n) is 4.59. The van der Waals surface area contributed by atoms with E-state index in [4.69, 9.17) is 21.1 Å². The van der Waals surface area contributed by atoms with Crippen LogP contribution in [-0.4, -0.2) is 38.2 Å². The highest BCUT2D eigenvalue weighted by molar-refractivity contribution is 6.32. The monoisotopic (exact) mass is 354 g/mol. The molecule has 1 aliphatic heterocycles. The second-order valence-corrected chi connectivity index (χ2v) is 5.00. The summed E-state index contributed by atoms with van der Waals surface area (Å²) in [5, 5.41) is 4.65. The normalized spacial score (nSPS) is 15.0. The maximum Gasteiger partial charge on any atom is 0.343 e. The molecule has 1 heterocycles. The molecular formula is C15H15ClN2O6. The summed E-state index contributed by atoms with van der Waals surface area (Å²) in [4.78, 5) is 33.9. The van der Waals surface area contributed by atoms with E-state index in [2.05, 4.69) is 15.4 Å². The van der Waals surface area contributed by atoms with Crippen molar-refractivity contribution in [2.45, 2.75) is 6.92 Å². The first-order valence-corrected chi connectivity index (χ1v) is 7.32. The quantitative estimate of drug-likeness (QED) is 0.455. The molecule has 8 nitrogen and oxygen atoms in total. The minimum absolute atomic E-state index is 0.0849. The predicted octanol–water partition coefficient (Wildman–Crippen LogP) is 1.47. The number of imide groups is 1. The zero-order valence-electron chi connectivity index (χ0n) is 13.0. The molecule has 1 aromatic carbocycles. The van der Waals surface area contributed by atoms with Crippen LogP contribution in [0.5, 0.6) is 11.5 Å². The third kappa shape index (κ3) is 4.17. The molecule has 0 aromatic heterocycles. The molecule has 2 rings (SSSR count). The van der Waals surface area contributed by atoms with Crippen LogP contribution in [0.4, 0.5) is 4.79 Å². The molecule has 0 radical (unpaired) electrons. The maximum atomic E-state index is 11.6. The number of hydrogen-bond acceptors (Lipinski definition) is 6. The molecule has 1 fully saturated rings. The molecule has 1 aliphatic rings. The average molecular weight is 355 g/mol. The van der Waals surface area contributed by atoms with Gasteiger partial charge in [0.25, 0.3) is 5.91 Å². The molecular weight excluding hydrogens is 340 g/mol. The van der Waals surface area contributed by atoms with Crippen LogP contribution in [0.1, 0.15) is 12.5 Å². The fourth-order valence-corrected chi connectivity index (χ4v) is 2.19. The lowest BCUT2D eigenvalue weighted by Crippen LogP contribution is -2.22. The third-order valence-electron chi connectivity index (χ3n) is 2.92. The minimum Gasteiger partial charge on any atom is -0.490 e. The predicted molar refractivity (Wildman–Crippen MR) is 84.8 cm³/mol. The van der Waals surface area contributed by atoms with Crippen molar-refractivity contribution in [1.29, 1.82) is 0 Å². The fraction of sp³-hybridized carbons (Fsp3) is 0.267. The van der Waals surface area contributed by atoms with Gasteiger partial charge >= 0.3 is 12.0 Å². The van der Waals surface area contributed by atoms with Crippen LogP contribution in [0, 0.1) is 0 Å². The smallest absolute Gasteiger partial charge is 0.343 e. The van der Waals surface area contributed by atoms with Gasteiger partial charge in [0.2, 0.25) is 0 Å². The van der Waals surface area contributed by atoms with Crippen molar-refractivity contribution < 1.29 is 28.6 Å². The van der Waals surface area contributed by atoms with Crippen LogP contribution in [0.25, 0.3) is 6.08 Å². The number of rotatable bonds is 6. The highest BCUT2D eigenvalue weighted by atomic mass is 35.5. The Morgan fingerprint density at radius 1 is 1.25 bits per heavy atom. The van der Waals surface area contributed by atoms with E-state index in [9.17, 15) is 14.4 Å². The van der Waals surface area contributed by atoms with Crippen molar-refractivity contribution in [2.24, 2.45) is 0 Å². The summed E-state index contributed by atoms with van der Waals surface area (Å²) in [6.07, 6.45) is 1.44. The number of amides is 3. The number of benzene rings is 1. The Bertz CT molecular complexity index is 716. The molecule has 0 saturated carbocycles. The summed E-state index contributed by atoms with van der Waals surface area (Å²) < 4.78 is 15.3. The Kier molecular flexibility index (Phi) is 5.64. The molecule has 3 amide bonds. The number of carbonyl (C=O) groups is 3. The van der Waals surface area contributed by atoms with Crippen LogP contribution >= 0.6 is 11.6 Å². The molecule has 2 N–H and O–H groups in total. The van der Waals surface area contributed by atoms with Gasteiger partial charge in [0, 0.05) is 0 Å². The van der Waals surface area contributed by atoms with Gasteiger partial charge in [-0.05, 0) is 30.7 Å². The fourth-order valence-electron chi connectivity index (χ4n) is 1.91. The van der Waals surface area contributed by atoms with Crippen LogP contribution in [0.15, 0.2) is 17.8 Å². The summed E-state index contributed by atoms with van der Waals surface area (Å²) >= 11 is 6.17. The summed E-state index contributed by atoms with van der Waals surface area (Å²) in [7, 11) is 1.24. The molecule has 9 heteroatoms. The Morgan fingerprint density at radius 2 is 2.00 bits per heavy atom. The Morgan fingerprint density at radius 3 is 2.58 bits per heavy atom. The van der Waals surface area contributed by atoms with Gasteiger partial charge in [-0.1, -0.05) is 11.6 Å². The number of hydrogen-bond donors (Lipinski definition) is 2. The van der Waals surface area contributed by atoms with Crippen molar-refractivity contribution in [2.75, 3.05) is 20.3 Å². The summed E-state index contributed by atoms with van der Waals surface area (Å²) in [5.41, 5.74) is 0.600. The van der Waals surface area contributed by atoms with Crippen LogP contribution in [0.2, 0.25) is 5.02 Å². The largest absolute Gasteiger partial charge is 0.490 e. The lowest BCUT2D eigenvalue weighted by atomic mass is 10.1. The van der Waals surface area contributed by atoms with Gasteiger partial charge < -0.3 is 19.5 Å². The van der Waals surface area contributed by atoms with Crippen molar-refractivity contribution in [3.8, 4) is 11.5 Å². The second kappa shape index (κ2) is 7.69. The lowest BCUT2D eigenvalue weighted by Gasteiger charge is -2.14. The van der Waals surface area contributed by atoms with Crippen LogP contribution in [0.3, 0.4) is 0 Å². The van der Waals surface area contributed by atoms with Gasteiger partial charge in [0.05, 0.1) is 18.7 Å². The maximum absolute atomic E-state index is 11.6. The summed E-state index contributed by atoms with van der Waals surface area (Å²) in [6, 6.07) is 2.49. The Hall–Kier alpha value is -2.74. The topological polar surface area (TPSA) is 103 Å². The molecule has 0 atom stereocenters. The van der Waals surface area contributed by atoms with E-state index >= 15 is 0 Å². The molecule has 1 saturated heterocycles. The van der Waals surface area contributed by atoms with E-state index < -0.39 is 17.9 Å². The first-order chi connectivity index (χ1) is 11.4. The molecule has 0 bridgehead atoms. The summed E-state index contributed by atoms with van der Waals surface area (Å²) in [6.45, 7) is 1.78. The van der Waals surface area contributed by atoms with Crippen molar-refractivity contribution in [3.63, 3.8) is 0 Å². The van der Waals surface area contributed by atoms with Gasteiger partial charge in [-0.2, -0.15) is 0 Å². The molecule has 24 heavy (non-hydrogen) atoms. The summed E-state index contributed by atoms with van der Waals surface area (Å²) in [5.74, 6) is -0.624. The van der Waals surface area contributed by atoms with E-state index in [0.29, 0.717) is 17.9 Å². The van der Waals surface area contributed by atoms with Crippen molar-refractivity contribution in [1.82, 2.24) is 10.6 Å². The first-order valence-electron chi connectivity index (χ1n) is 6.94. The van der Waals surface area contributed by atoms with Crippen molar-refractivity contribution >= 4 is 35.6 Å². The molecule has 0 spiro atoms. The number of urea groups is 1. The number of carbonyl (C=O) groups excluding carboxylic acids is 3. The first kappa shape index (κ1) is 17.6. The highest BCUT2D eigenvalue weighted by Crippen LogP contribution is 2.37. The number of halogens is 1. The molecule has 128 valence electrons. The SMILES string of the molecule is CCOc1cc(C=C2NC(=O)NC2=O)cc(Cl)c1OCC(=O)OC. The van der Waals surface area contributed by atoms with E-state index in [1.165, 1.54) is 19.3 Å². The average Bonchev–Trinajstić information content (AvgIpc) is 2.84. The van der Waals surface area contributed by atoms with Gasteiger partial charge in [0.1, 0.15) is 5.70 Å². The van der Waals surface area contributed by atoms with Crippen molar-refractivity contribution in [3.05, 3.63) is 28.4 Å². The van der Waals surface area contributed by atoms with Gasteiger partial charge in [-0.25, -0.2) is 9.59 Å². The zero-order valence-corrected chi connectivity index (χ0v) is 13.7. The zero-order chi connectivity index (χ0) is 17.7. The minimum atomic E-state index is -0.597. The van der Waals surface area contributed by atoms with Crippen LogP contribution in [-0.2, 0) is 14.3 Å². The molecule has 0 unspecified atom stereocenters. The Balaban J connectivity index is 2.32. The standard InChI is InChI=1S/C15H15ClN2O6/c1-3-23-11-6-8(5-10-14(20)18-15(21)17-10)4-9(16)13(11)24-7-12(19)22-2/h4-6H,3,7H2,1-2H3,(H2,17,18,20,21). The number of methoxy groups -OCH3 is 1. The lowest BCUT2D eigenvalue weighted by molar-refractivity contribution is -0.142. The van der Waals surface area contributed by atoms with Gasteiger partial charge in [-0.3, -0.25) is 10.1 Å². The van der Waals surface area contributed by atoms with Gasteiger partial charge in [0.15, 0.2) is 18.1 Å². The van der Waals surface area contributed by atoms with E-state index in [1.807, 2.05) is 0 Å². The highest BCUT2D eigenvalue weighted by Gasteiger charge is 2.23. The number of esters is 1. The van der Waals surface area contributed by atoms with E-state index in [1.54, 1.807) is 13.0 Å². The Labute approximate surface area is 142 Å². The molecule has 1 aromatic rings. The number of ether oxygens (including phenoxy) is 3. The van der Waals surface area contributed by atoms with Crippen LogP contribution < -0.4 is 20.1 Å². The van der Waals surface area contributed by atoms with Gasteiger partial charge in [-0.15, -0.1) is 0 Å².